The fraction of sp³-hybridized carbons (Fsp3) is 0.357. The first-order valence-electron chi connectivity index (χ1n) is 11.6. The molecule has 0 radical (unpaired) electrons. The standard InChI is InChI=1S/C28H35N3O3/c1-22(21-34-28(32)25-11-13-26(14-12-25)30(2)3)16-17-31(19-23-8-6-5-7-9-23)20-24-10-15-27(33-4)29-18-24/h5-15,18,22H,16-17,19-21H2,1-4H3/t22-/m0/s1. The highest BCUT2D eigenvalue weighted by atomic mass is 16.5. The van der Waals surface area contributed by atoms with Gasteiger partial charge in [-0.1, -0.05) is 43.3 Å². The van der Waals surface area contributed by atoms with E-state index in [4.69, 9.17) is 9.47 Å². The summed E-state index contributed by atoms with van der Waals surface area (Å²) in [4.78, 5) is 21.2. The zero-order valence-corrected chi connectivity index (χ0v) is 20.6. The molecule has 3 aromatic rings. The van der Waals surface area contributed by atoms with Gasteiger partial charge in [0.2, 0.25) is 5.88 Å². The van der Waals surface area contributed by atoms with Crippen molar-refractivity contribution in [3.8, 4) is 5.88 Å². The molecule has 1 atom stereocenters. The van der Waals surface area contributed by atoms with Crippen molar-refractivity contribution in [1.29, 1.82) is 0 Å². The molecule has 1 heterocycles. The third-order valence-corrected chi connectivity index (χ3v) is 5.72. The smallest absolute Gasteiger partial charge is 0.338 e. The number of anilines is 1. The average molecular weight is 462 g/mol. The van der Waals surface area contributed by atoms with Gasteiger partial charge in [0.1, 0.15) is 0 Å². The van der Waals surface area contributed by atoms with E-state index in [1.807, 2.05) is 61.6 Å². The fourth-order valence-electron chi connectivity index (χ4n) is 3.62. The number of methoxy groups -OCH3 is 1. The van der Waals surface area contributed by atoms with Crippen molar-refractivity contribution in [3.05, 3.63) is 89.6 Å². The van der Waals surface area contributed by atoms with E-state index in [-0.39, 0.29) is 11.9 Å². The fourth-order valence-corrected chi connectivity index (χ4v) is 3.62. The Labute approximate surface area is 203 Å². The number of nitrogens with zero attached hydrogens (tertiary/aromatic N) is 3. The molecular formula is C28H35N3O3. The molecule has 0 amide bonds. The lowest BCUT2D eigenvalue weighted by Gasteiger charge is -2.24. The van der Waals surface area contributed by atoms with Crippen LogP contribution in [-0.4, -0.2) is 50.2 Å². The quantitative estimate of drug-likeness (QED) is 0.352. The molecular weight excluding hydrogens is 426 g/mol. The predicted octanol–water partition coefficient (Wildman–Crippen LogP) is 5.04. The Balaban J connectivity index is 1.53. The molecule has 3 rings (SSSR count). The Bertz CT molecular complexity index is 1010. The Morgan fingerprint density at radius 1 is 0.941 bits per heavy atom. The Hall–Kier alpha value is -3.38. The first-order valence-corrected chi connectivity index (χ1v) is 11.6. The zero-order chi connectivity index (χ0) is 24.3. The van der Waals surface area contributed by atoms with E-state index < -0.39 is 0 Å². The van der Waals surface area contributed by atoms with Gasteiger partial charge in [0.25, 0.3) is 0 Å². The second-order valence-electron chi connectivity index (χ2n) is 8.84. The maximum Gasteiger partial charge on any atom is 0.338 e. The van der Waals surface area contributed by atoms with Crippen molar-refractivity contribution in [3.63, 3.8) is 0 Å². The van der Waals surface area contributed by atoms with Gasteiger partial charge in [-0.25, -0.2) is 9.78 Å². The van der Waals surface area contributed by atoms with Gasteiger partial charge in [-0.15, -0.1) is 0 Å². The van der Waals surface area contributed by atoms with E-state index in [0.717, 1.165) is 37.3 Å². The molecule has 0 spiro atoms. The summed E-state index contributed by atoms with van der Waals surface area (Å²) in [7, 11) is 5.57. The number of pyridine rings is 1. The summed E-state index contributed by atoms with van der Waals surface area (Å²) in [5, 5.41) is 0. The van der Waals surface area contributed by atoms with E-state index in [0.29, 0.717) is 18.1 Å². The molecule has 0 fully saturated rings. The lowest BCUT2D eigenvalue weighted by Crippen LogP contribution is -2.26. The average Bonchev–Trinajstić information content (AvgIpc) is 2.87. The molecule has 0 N–H and O–H groups in total. The zero-order valence-electron chi connectivity index (χ0n) is 20.6. The molecule has 0 aliphatic heterocycles. The highest BCUT2D eigenvalue weighted by Crippen LogP contribution is 2.16. The van der Waals surface area contributed by atoms with Crippen LogP contribution in [0.15, 0.2) is 72.9 Å². The van der Waals surface area contributed by atoms with Crippen LogP contribution in [0, 0.1) is 5.92 Å². The minimum Gasteiger partial charge on any atom is -0.481 e. The van der Waals surface area contributed by atoms with Crippen LogP contribution in [0.25, 0.3) is 0 Å². The maximum atomic E-state index is 12.4. The van der Waals surface area contributed by atoms with Crippen LogP contribution in [0.5, 0.6) is 5.88 Å². The minimum atomic E-state index is -0.275. The Morgan fingerprint density at radius 3 is 2.26 bits per heavy atom. The van der Waals surface area contributed by atoms with Crippen molar-refractivity contribution in [2.75, 3.05) is 39.3 Å². The summed E-state index contributed by atoms with van der Waals surface area (Å²) in [6.07, 6.45) is 2.78. The van der Waals surface area contributed by atoms with Gasteiger partial charge in [-0.3, -0.25) is 4.90 Å². The molecule has 6 heteroatoms. The lowest BCUT2D eigenvalue weighted by molar-refractivity contribution is 0.0435. The largest absolute Gasteiger partial charge is 0.481 e. The van der Waals surface area contributed by atoms with Crippen molar-refractivity contribution in [2.24, 2.45) is 5.92 Å². The van der Waals surface area contributed by atoms with Gasteiger partial charge in [-0.05, 0) is 54.3 Å². The maximum absolute atomic E-state index is 12.4. The highest BCUT2D eigenvalue weighted by molar-refractivity contribution is 5.89. The molecule has 0 saturated heterocycles. The molecule has 34 heavy (non-hydrogen) atoms. The molecule has 0 aliphatic carbocycles. The third kappa shape index (κ3) is 7.89. The summed E-state index contributed by atoms with van der Waals surface area (Å²) >= 11 is 0. The summed E-state index contributed by atoms with van der Waals surface area (Å²) < 4.78 is 10.8. The van der Waals surface area contributed by atoms with Gasteiger partial charge in [0.15, 0.2) is 0 Å². The van der Waals surface area contributed by atoms with Gasteiger partial charge < -0.3 is 14.4 Å². The molecule has 0 saturated carbocycles. The monoisotopic (exact) mass is 461 g/mol. The Kier molecular flexibility index (Phi) is 9.47. The third-order valence-electron chi connectivity index (χ3n) is 5.72. The molecule has 0 aliphatic rings. The molecule has 0 unspecified atom stereocenters. The van der Waals surface area contributed by atoms with Gasteiger partial charge in [0, 0.05) is 45.1 Å². The van der Waals surface area contributed by atoms with Gasteiger partial charge in [0.05, 0.1) is 19.3 Å². The van der Waals surface area contributed by atoms with Crippen molar-refractivity contribution >= 4 is 11.7 Å². The summed E-state index contributed by atoms with van der Waals surface area (Å²) in [6.45, 7) is 5.04. The van der Waals surface area contributed by atoms with Crippen LogP contribution < -0.4 is 9.64 Å². The number of rotatable bonds is 12. The summed E-state index contributed by atoms with van der Waals surface area (Å²) in [5.41, 5.74) is 4.03. The van der Waals surface area contributed by atoms with Crippen LogP contribution >= 0.6 is 0 Å². The lowest BCUT2D eigenvalue weighted by atomic mass is 10.1. The van der Waals surface area contributed by atoms with Crippen LogP contribution in [0.1, 0.15) is 34.8 Å². The van der Waals surface area contributed by atoms with Gasteiger partial charge in [-0.2, -0.15) is 0 Å². The second-order valence-corrected chi connectivity index (χ2v) is 8.84. The van der Waals surface area contributed by atoms with Crippen molar-refractivity contribution < 1.29 is 14.3 Å². The second kappa shape index (κ2) is 12.8. The van der Waals surface area contributed by atoms with E-state index >= 15 is 0 Å². The molecule has 1 aromatic heterocycles. The van der Waals surface area contributed by atoms with Crippen molar-refractivity contribution in [2.45, 2.75) is 26.4 Å². The van der Waals surface area contributed by atoms with E-state index in [9.17, 15) is 4.79 Å². The first-order chi connectivity index (χ1) is 16.4. The number of hydrogen-bond donors (Lipinski definition) is 0. The number of benzene rings is 2. The number of hydrogen-bond acceptors (Lipinski definition) is 6. The SMILES string of the molecule is COc1ccc(CN(CC[C@H](C)COC(=O)c2ccc(N(C)C)cc2)Cc2ccccc2)cn1. The Morgan fingerprint density at radius 2 is 1.65 bits per heavy atom. The normalized spacial score (nSPS) is 11.8. The van der Waals surface area contributed by atoms with E-state index in [1.165, 1.54) is 5.56 Å². The van der Waals surface area contributed by atoms with Crippen LogP contribution in [-0.2, 0) is 17.8 Å². The first kappa shape index (κ1) is 25.2. The number of ether oxygens (including phenoxy) is 2. The topological polar surface area (TPSA) is 54.9 Å². The summed E-state index contributed by atoms with van der Waals surface area (Å²) in [6, 6.07) is 21.9. The minimum absolute atomic E-state index is 0.247. The predicted molar refractivity (Wildman–Crippen MR) is 136 cm³/mol. The van der Waals surface area contributed by atoms with Crippen molar-refractivity contribution in [1.82, 2.24) is 9.88 Å². The number of carbonyl (C=O) groups excluding carboxylic acids is 1. The van der Waals surface area contributed by atoms with E-state index in [1.54, 1.807) is 7.11 Å². The van der Waals surface area contributed by atoms with Crippen LogP contribution in [0.2, 0.25) is 0 Å². The van der Waals surface area contributed by atoms with Crippen LogP contribution in [0.3, 0.4) is 0 Å². The summed E-state index contributed by atoms with van der Waals surface area (Å²) in [5.74, 6) is 0.588. The number of esters is 1. The highest BCUT2D eigenvalue weighted by Gasteiger charge is 2.14. The molecule has 6 nitrogen and oxygen atoms in total. The van der Waals surface area contributed by atoms with Crippen LogP contribution in [0.4, 0.5) is 5.69 Å². The number of aromatic nitrogens is 1. The number of carbonyl (C=O) groups is 1. The molecule has 180 valence electrons. The van der Waals surface area contributed by atoms with Gasteiger partial charge >= 0.3 is 5.97 Å². The molecule has 2 aromatic carbocycles. The van der Waals surface area contributed by atoms with E-state index in [2.05, 4.69) is 47.1 Å². The molecule has 0 bridgehead atoms.